The van der Waals surface area contributed by atoms with E-state index in [1.807, 2.05) is 11.9 Å². The number of nitrogens with two attached hydrogens (primary N) is 1. The molecule has 39 heavy (non-hydrogen) atoms. The molecule has 0 saturated carbocycles. The van der Waals surface area contributed by atoms with Gasteiger partial charge in [0.05, 0.1) is 12.0 Å². The minimum absolute atomic E-state index is 0.0265. The molecule has 0 unspecified atom stereocenters. The Hall–Kier alpha value is -4.20. The fourth-order valence-electron chi connectivity index (χ4n) is 4.27. The van der Waals surface area contributed by atoms with E-state index in [1.165, 1.54) is 18.3 Å². The van der Waals surface area contributed by atoms with Crippen molar-refractivity contribution in [2.24, 2.45) is 0 Å². The molecular formula is C29H29F3N6O. The van der Waals surface area contributed by atoms with Crippen LogP contribution in [0.2, 0.25) is 0 Å². The maximum atomic E-state index is 13.9. The predicted molar refractivity (Wildman–Crippen MR) is 146 cm³/mol. The predicted octanol–water partition coefficient (Wildman–Crippen LogP) is 4.01. The second kappa shape index (κ2) is 12.1. The van der Waals surface area contributed by atoms with Crippen LogP contribution >= 0.6 is 0 Å². The molecule has 10 heteroatoms. The number of nitrogens with one attached hydrogen (secondary N) is 2. The van der Waals surface area contributed by atoms with E-state index in [0.717, 1.165) is 25.4 Å². The number of pyridine rings is 1. The van der Waals surface area contributed by atoms with Crippen molar-refractivity contribution in [2.75, 3.05) is 44.3 Å². The number of carbonyl (C=O) groups is 1. The third kappa shape index (κ3) is 7.66. The molecule has 0 radical (unpaired) electrons. The van der Waals surface area contributed by atoms with Crippen LogP contribution in [0.3, 0.4) is 0 Å². The van der Waals surface area contributed by atoms with Crippen LogP contribution in [0, 0.1) is 17.3 Å². The van der Waals surface area contributed by atoms with Gasteiger partial charge in [0.25, 0.3) is 0 Å². The number of rotatable bonds is 6. The first-order chi connectivity index (χ1) is 18.6. The zero-order valence-corrected chi connectivity index (χ0v) is 21.5. The number of alkyl halides is 3. The van der Waals surface area contributed by atoms with E-state index in [-0.39, 0.29) is 30.0 Å². The standard InChI is InChI=1S/C29H29F3N6O/c1-37-9-11-38(12-10-37)19-23-7-8-25(16-26(23)29(30,31)32)36-27(39)15-21-4-2-3-20(13-21)5-6-22-14-24(17-33)28(34)35-18-22/h2-4,7-8,13-14,16-18,33H,9-12,15,19H2,1H3,(H2,34,35)(H,36,39). The van der Waals surface area contributed by atoms with Gasteiger partial charge in [0.15, 0.2) is 0 Å². The van der Waals surface area contributed by atoms with Gasteiger partial charge in [0, 0.05) is 67.5 Å². The summed E-state index contributed by atoms with van der Waals surface area (Å²) >= 11 is 0. The Bertz CT molecular complexity index is 1420. The normalized spacial score (nSPS) is 14.4. The second-order valence-electron chi connectivity index (χ2n) is 9.47. The number of anilines is 2. The van der Waals surface area contributed by atoms with Crippen molar-refractivity contribution in [3.05, 3.63) is 88.1 Å². The quantitative estimate of drug-likeness (QED) is 0.328. The van der Waals surface area contributed by atoms with Gasteiger partial charge in [-0.1, -0.05) is 30.0 Å². The molecule has 1 aromatic heterocycles. The second-order valence-corrected chi connectivity index (χ2v) is 9.47. The molecule has 1 fully saturated rings. The summed E-state index contributed by atoms with van der Waals surface area (Å²) in [4.78, 5) is 20.9. The molecule has 2 aromatic carbocycles. The van der Waals surface area contributed by atoms with Gasteiger partial charge in [0.1, 0.15) is 5.82 Å². The Morgan fingerprint density at radius 1 is 1.10 bits per heavy atom. The highest BCUT2D eigenvalue weighted by Crippen LogP contribution is 2.34. The Labute approximate surface area is 225 Å². The maximum absolute atomic E-state index is 13.9. The highest BCUT2D eigenvalue weighted by atomic mass is 19.4. The van der Waals surface area contributed by atoms with Crippen LogP contribution in [-0.2, 0) is 23.9 Å². The summed E-state index contributed by atoms with van der Waals surface area (Å²) in [6.07, 6.45) is -1.94. The van der Waals surface area contributed by atoms with Gasteiger partial charge < -0.3 is 21.4 Å². The van der Waals surface area contributed by atoms with Gasteiger partial charge in [0.2, 0.25) is 5.91 Å². The van der Waals surface area contributed by atoms with Crippen LogP contribution in [0.5, 0.6) is 0 Å². The number of carbonyl (C=O) groups excluding carboxylic acids is 1. The lowest BCUT2D eigenvalue weighted by Crippen LogP contribution is -2.44. The molecule has 0 bridgehead atoms. The molecule has 0 spiro atoms. The lowest BCUT2D eigenvalue weighted by atomic mass is 10.0. The average molecular weight is 535 g/mol. The Morgan fingerprint density at radius 2 is 1.85 bits per heavy atom. The fourth-order valence-corrected chi connectivity index (χ4v) is 4.27. The van der Waals surface area contributed by atoms with Gasteiger partial charge in [-0.3, -0.25) is 9.69 Å². The number of likely N-dealkylation sites (N-methyl/N-ethyl adjacent to an activating group) is 1. The van der Waals surface area contributed by atoms with Gasteiger partial charge in [-0.05, 0) is 48.5 Å². The van der Waals surface area contributed by atoms with Gasteiger partial charge in [-0.2, -0.15) is 13.2 Å². The lowest BCUT2D eigenvalue weighted by molar-refractivity contribution is -0.138. The number of nitrogen functional groups attached to an aromatic ring is 1. The average Bonchev–Trinajstić information content (AvgIpc) is 2.90. The number of nitrogens with zero attached hydrogens (tertiary/aromatic N) is 3. The molecule has 3 aromatic rings. The summed E-state index contributed by atoms with van der Waals surface area (Å²) in [6, 6.07) is 12.7. The van der Waals surface area contributed by atoms with Crippen LogP contribution in [0.15, 0.2) is 54.7 Å². The van der Waals surface area contributed by atoms with Crippen LogP contribution < -0.4 is 11.1 Å². The lowest BCUT2D eigenvalue weighted by Gasteiger charge is -2.33. The molecule has 1 aliphatic heterocycles. The molecule has 0 atom stereocenters. The van der Waals surface area contributed by atoms with Crippen LogP contribution in [0.25, 0.3) is 0 Å². The number of benzene rings is 2. The van der Waals surface area contributed by atoms with E-state index >= 15 is 0 Å². The third-order valence-electron chi connectivity index (χ3n) is 6.44. The molecular weight excluding hydrogens is 505 g/mol. The number of aromatic nitrogens is 1. The number of hydrogen-bond donors (Lipinski definition) is 3. The number of piperazine rings is 1. The highest BCUT2D eigenvalue weighted by Gasteiger charge is 2.34. The minimum Gasteiger partial charge on any atom is -0.383 e. The molecule has 1 saturated heterocycles. The smallest absolute Gasteiger partial charge is 0.383 e. The molecule has 1 aliphatic rings. The van der Waals surface area contributed by atoms with E-state index in [1.54, 1.807) is 30.3 Å². The first kappa shape index (κ1) is 27.8. The first-order valence-corrected chi connectivity index (χ1v) is 12.4. The van der Waals surface area contributed by atoms with E-state index < -0.39 is 17.6 Å². The van der Waals surface area contributed by atoms with Crippen LogP contribution in [0.4, 0.5) is 24.7 Å². The SMILES string of the molecule is CN1CCN(Cc2ccc(NC(=O)Cc3cccc(C#Cc4cnc(N)c(C=N)c4)c3)cc2C(F)(F)F)CC1. The van der Waals surface area contributed by atoms with Crippen LogP contribution in [-0.4, -0.2) is 60.1 Å². The molecule has 202 valence electrons. The first-order valence-electron chi connectivity index (χ1n) is 12.4. The van der Waals surface area contributed by atoms with E-state index in [0.29, 0.717) is 35.3 Å². The summed E-state index contributed by atoms with van der Waals surface area (Å²) in [5.74, 6) is 5.76. The maximum Gasteiger partial charge on any atom is 0.416 e. The Morgan fingerprint density at radius 3 is 2.56 bits per heavy atom. The third-order valence-corrected chi connectivity index (χ3v) is 6.44. The van der Waals surface area contributed by atoms with Crippen molar-refractivity contribution in [1.82, 2.24) is 14.8 Å². The zero-order chi connectivity index (χ0) is 28.0. The minimum atomic E-state index is -4.53. The molecule has 0 aliphatic carbocycles. The van der Waals surface area contributed by atoms with E-state index in [4.69, 9.17) is 11.1 Å². The topological polar surface area (TPSA) is 98.3 Å². The summed E-state index contributed by atoms with van der Waals surface area (Å²) in [6.45, 7) is 3.24. The van der Waals surface area contributed by atoms with E-state index in [2.05, 4.69) is 27.0 Å². The number of amides is 1. The molecule has 4 N–H and O–H groups in total. The monoisotopic (exact) mass is 534 g/mol. The Kier molecular flexibility index (Phi) is 8.64. The van der Waals surface area contributed by atoms with Crippen molar-refractivity contribution < 1.29 is 18.0 Å². The highest BCUT2D eigenvalue weighted by molar-refractivity contribution is 5.92. The summed E-state index contributed by atoms with van der Waals surface area (Å²) < 4.78 is 41.6. The number of halogens is 3. The molecule has 2 heterocycles. The number of hydrogen-bond acceptors (Lipinski definition) is 6. The van der Waals surface area contributed by atoms with Crippen molar-refractivity contribution in [2.45, 2.75) is 19.1 Å². The van der Waals surface area contributed by atoms with Gasteiger partial charge >= 0.3 is 6.18 Å². The molecule has 7 nitrogen and oxygen atoms in total. The molecule has 1 amide bonds. The van der Waals surface area contributed by atoms with Gasteiger partial charge in [-0.25, -0.2) is 4.98 Å². The van der Waals surface area contributed by atoms with Crippen molar-refractivity contribution in [1.29, 1.82) is 5.41 Å². The van der Waals surface area contributed by atoms with E-state index in [9.17, 15) is 18.0 Å². The zero-order valence-electron chi connectivity index (χ0n) is 21.5. The van der Waals surface area contributed by atoms with Crippen molar-refractivity contribution in [3.63, 3.8) is 0 Å². The van der Waals surface area contributed by atoms with Crippen molar-refractivity contribution >= 4 is 23.6 Å². The summed E-state index contributed by atoms with van der Waals surface area (Å²) in [7, 11) is 1.99. The molecule has 4 rings (SSSR count). The summed E-state index contributed by atoms with van der Waals surface area (Å²) in [5, 5.41) is 9.97. The fraction of sp³-hybridized carbons (Fsp3) is 0.276. The Balaban J connectivity index is 1.43. The summed E-state index contributed by atoms with van der Waals surface area (Å²) in [5.41, 5.74) is 7.63. The van der Waals surface area contributed by atoms with Gasteiger partial charge in [-0.15, -0.1) is 0 Å². The largest absolute Gasteiger partial charge is 0.416 e. The van der Waals surface area contributed by atoms with Crippen LogP contribution in [0.1, 0.15) is 33.4 Å². The van der Waals surface area contributed by atoms with Crippen molar-refractivity contribution in [3.8, 4) is 11.8 Å².